The van der Waals surface area contributed by atoms with E-state index in [1.54, 1.807) is 12.1 Å². The van der Waals surface area contributed by atoms with Crippen LogP contribution in [0.15, 0.2) is 18.2 Å². The third-order valence-electron chi connectivity index (χ3n) is 4.09. The molecule has 18 heavy (non-hydrogen) atoms. The number of halogens is 2. The highest BCUT2D eigenvalue weighted by atomic mass is 35.5. The van der Waals surface area contributed by atoms with Crippen molar-refractivity contribution in [2.24, 2.45) is 0 Å². The van der Waals surface area contributed by atoms with Gasteiger partial charge in [0.1, 0.15) is 11.4 Å². The van der Waals surface area contributed by atoms with Gasteiger partial charge in [-0.25, -0.2) is 4.39 Å². The molecule has 1 aromatic rings. The predicted octanol–water partition coefficient (Wildman–Crippen LogP) is 2.92. The first-order valence-corrected chi connectivity index (χ1v) is 6.81. The van der Waals surface area contributed by atoms with Gasteiger partial charge in [-0.05, 0) is 38.3 Å². The van der Waals surface area contributed by atoms with Crippen molar-refractivity contribution >= 4 is 11.6 Å². The number of hydrogen-bond donors (Lipinski definition) is 1. The zero-order valence-electron chi connectivity index (χ0n) is 10.4. The maximum absolute atomic E-state index is 14.0. The number of nitrogens with zero attached hydrogens (tertiary/aromatic N) is 1. The Labute approximate surface area is 111 Å². The Kier molecular flexibility index (Phi) is 2.88. The molecule has 0 aromatic heterocycles. The van der Waals surface area contributed by atoms with Crippen molar-refractivity contribution < 1.29 is 9.50 Å². The Morgan fingerprint density at radius 1 is 1.44 bits per heavy atom. The van der Waals surface area contributed by atoms with Crippen molar-refractivity contribution in [2.75, 3.05) is 6.54 Å². The SMILES string of the molecule is CC1CC(O)(c2ccc(Cl)cc2F)CN1C1CC1. The average molecular weight is 270 g/mol. The van der Waals surface area contributed by atoms with Gasteiger partial charge in [0.05, 0.1) is 0 Å². The summed E-state index contributed by atoms with van der Waals surface area (Å²) in [6.07, 6.45) is 2.98. The fourth-order valence-electron chi connectivity index (χ4n) is 3.09. The van der Waals surface area contributed by atoms with Crippen LogP contribution in [0.3, 0.4) is 0 Å². The third kappa shape index (κ3) is 2.04. The topological polar surface area (TPSA) is 23.5 Å². The number of rotatable bonds is 2. The Morgan fingerprint density at radius 3 is 2.78 bits per heavy atom. The molecular formula is C14H17ClFNO. The summed E-state index contributed by atoms with van der Waals surface area (Å²) < 4.78 is 14.0. The minimum Gasteiger partial charge on any atom is -0.384 e. The van der Waals surface area contributed by atoms with Crippen molar-refractivity contribution in [1.29, 1.82) is 0 Å². The molecule has 2 unspecified atom stereocenters. The average Bonchev–Trinajstić information content (AvgIpc) is 3.05. The molecule has 2 fully saturated rings. The summed E-state index contributed by atoms with van der Waals surface area (Å²) >= 11 is 5.75. The normalized spacial score (nSPS) is 33.0. The number of benzene rings is 1. The summed E-state index contributed by atoms with van der Waals surface area (Å²) in [5.41, 5.74) is -0.696. The van der Waals surface area contributed by atoms with Crippen LogP contribution in [0.1, 0.15) is 31.7 Å². The van der Waals surface area contributed by atoms with Crippen LogP contribution >= 0.6 is 11.6 Å². The number of likely N-dealkylation sites (tertiary alicyclic amines) is 1. The van der Waals surface area contributed by atoms with Crippen molar-refractivity contribution in [1.82, 2.24) is 4.90 Å². The van der Waals surface area contributed by atoms with E-state index in [9.17, 15) is 9.50 Å². The second-order valence-electron chi connectivity index (χ2n) is 5.61. The fraction of sp³-hybridized carbons (Fsp3) is 0.571. The van der Waals surface area contributed by atoms with E-state index in [-0.39, 0.29) is 0 Å². The summed E-state index contributed by atoms with van der Waals surface area (Å²) in [5.74, 6) is -0.408. The summed E-state index contributed by atoms with van der Waals surface area (Å²) in [5, 5.41) is 11.1. The van der Waals surface area contributed by atoms with Gasteiger partial charge in [0, 0.05) is 29.2 Å². The molecule has 1 N–H and O–H groups in total. The molecule has 0 spiro atoms. The van der Waals surface area contributed by atoms with Crippen LogP contribution in [0.2, 0.25) is 5.02 Å². The molecule has 1 aliphatic carbocycles. The van der Waals surface area contributed by atoms with E-state index in [1.807, 2.05) is 0 Å². The lowest BCUT2D eigenvalue weighted by molar-refractivity contribution is 0.0416. The molecule has 2 nitrogen and oxygen atoms in total. The number of hydrogen-bond acceptors (Lipinski definition) is 2. The van der Waals surface area contributed by atoms with E-state index in [1.165, 1.54) is 18.9 Å². The molecule has 1 saturated heterocycles. The molecule has 2 atom stereocenters. The van der Waals surface area contributed by atoms with Crippen molar-refractivity contribution in [3.8, 4) is 0 Å². The summed E-state index contributed by atoms with van der Waals surface area (Å²) in [6.45, 7) is 2.63. The lowest BCUT2D eigenvalue weighted by atomic mass is 9.91. The van der Waals surface area contributed by atoms with Gasteiger partial charge in [0.25, 0.3) is 0 Å². The van der Waals surface area contributed by atoms with Gasteiger partial charge in [-0.1, -0.05) is 17.7 Å². The first-order valence-electron chi connectivity index (χ1n) is 6.43. The molecule has 1 aliphatic heterocycles. The van der Waals surface area contributed by atoms with Crippen LogP contribution in [-0.4, -0.2) is 28.6 Å². The molecule has 1 aromatic carbocycles. The monoisotopic (exact) mass is 269 g/mol. The van der Waals surface area contributed by atoms with Gasteiger partial charge in [-0.15, -0.1) is 0 Å². The molecule has 1 heterocycles. The maximum atomic E-state index is 14.0. The zero-order chi connectivity index (χ0) is 12.9. The zero-order valence-corrected chi connectivity index (χ0v) is 11.1. The van der Waals surface area contributed by atoms with Crippen molar-refractivity contribution in [2.45, 2.75) is 43.9 Å². The van der Waals surface area contributed by atoms with Gasteiger partial charge in [0.15, 0.2) is 0 Å². The Balaban J connectivity index is 1.90. The van der Waals surface area contributed by atoms with Crippen LogP contribution < -0.4 is 0 Å². The van der Waals surface area contributed by atoms with E-state index in [4.69, 9.17) is 11.6 Å². The Hall–Kier alpha value is -0.640. The van der Waals surface area contributed by atoms with Gasteiger partial charge >= 0.3 is 0 Å². The van der Waals surface area contributed by atoms with Crippen molar-refractivity contribution in [3.05, 3.63) is 34.6 Å². The Morgan fingerprint density at radius 2 is 2.17 bits per heavy atom. The third-order valence-corrected chi connectivity index (χ3v) is 4.33. The van der Waals surface area contributed by atoms with Gasteiger partial charge in [-0.2, -0.15) is 0 Å². The minimum absolute atomic E-state index is 0.303. The largest absolute Gasteiger partial charge is 0.384 e. The predicted molar refractivity (Wildman–Crippen MR) is 69.1 cm³/mol. The molecule has 0 amide bonds. The van der Waals surface area contributed by atoms with Crippen LogP contribution in [0.4, 0.5) is 4.39 Å². The summed E-state index contributed by atoms with van der Waals surface area (Å²) in [4.78, 5) is 2.30. The van der Waals surface area contributed by atoms with Gasteiger partial charge in [0.2, 0.25) is 0 Å². The van der Waals surface area contributed by atoms with Crippen LogP contribution in [0, 0.1) is 5.82 Å². The quantitative estimate of drug-likeness (QED) is 0.892. The van der Waals surface area contributed by atoms with E-state index >= 15 is 0 Å². The van der Waals surface area contributed by atoms with Gasteiger partial charge < -0.3 is 5.11 Å². The highest BCUT2D eigenvalue weighted by Crippen LogP contribution is 2.42. The molecule has 3 rings (SSSR count). The lowest BCUT2D eigenvalue weighted by Crippen LogP contribution is -2.33. The highest BCUT2D eigenvalue weighted by Gasteiger charge is 2.47. The van der Waals surface area contributed by atoms with Crippen molar-refractivity contribution in [3.63, 3.8) is 0 Å². The van der Waals surface area contributed by atoms with Crippen LogP contribution in [0.5, 0.6) is 0 Å². The first kappa shape index (κ1) is 12.4. The second kappa shape index (κ2) is 4.19. The Bertz CT molecular complexity index is 477. The highest BCUT2D eigenvalue weighted by molar-refractivity contribution is 6.30. The van der Waals surface area contributed by atoms with Crippen LogP contribution in [-0.2, 0) is 5.60 Å². The van der Waals surface area contributed by atoms with E-state index < -0.39 is 11.4 Å². The lowest BCUT2D eigenvalue weighted by Gasteiger charge is -2.24. The number of aliphatic hydroxyl groups is 1. The molecule has 2 aliphatic rings. The fourth-order valence-corrected chi connectivity index (χ4v) is 3.24. The molecule has 0 radical (unpaired) electrons. The minimum atomic E-state index is -1.07. The van der Waals surface area contributed by atoms with E-state index in [2.05, 4.69) is 11.8 Å². The number of β-amino-alcohol motifs (C(OH)–C–C–N with tert-alkyl or cyclic N) is 1. The molecular weight excluding hydrogens is 253 g/mol. The first-order chi connectivity index (χ1) is 8.49. The maximum Gasteiger partial charge on any atom is 0.130 e. The molecule has 0 bridgehead atoms. The smallest absolute Gasteiger partial charge is 0.130 e. The molecule has 4 heteroatoms. The van der Waals surface area contributed by atoms with E-state index in [0.717, 1.165) is 0 Å². The summed E-state index contributed by atoms with van der Waals surface area (Å²) in [7, 11) is 0. The molecule has 1 saturated carbocycles. The van der Waals surface area contributed by atoms with Gasteiger partial charge in [-0.3, -0.25) is 4.90 Å². The second-order valence-corrected chi connectivity index (χ2v) is 6.05. The standard InChI is InChI=1S/C14H17ClFNO/c1-9-7-14(18,8-17(9)11-3-4-11)12-5-2-10(15)6-13(12)16/h2,5-6,9,11,18H,3-4,7-8H2,1H3. The van der Waals surface area contributed by atoms with Crippen LogP contribution in [0.25, 0.3) is 0 Å². The van der Waals surface area contributed by atoms with E-state index in [0.29, 0.717) is 35.6 Å². The molecule has 98 valence electrons. The summed E-state index contributed by atoms with van der Waals surface area (Å²) in [6, 6.07) is 5.42.